The van der Waals surface area contributed by atoms with Crippen LogP contribution in [0.5, 0.6) is 0 Å². The molecule has 108 valence electrons. The van der Waals surface area contributed by atoms with Crippen LogP contribution >= 0.6 is 0 Å². The van der Waals surface area contributed by atoms with Crippen molar-refractivity contribution in [1.29, 1.82) is 0 Å². The monoisotopic (exact) mass is 271 g/mol. The van der Waals surface area contributed by atoms with E-state index in [9.17, 15) is 0 Å². The largest absolute Gasteiger partial charge is 0.311 e. The molecule has 20 heavy (non-hydrogen) atoms. The number of benzene rings is 2. The molecular weight excluding hydrogens is 246 g/mol. The maximum absolute atomic E-state index is 6.05. The Kier molecular flexibility index (Phi) is 7.58. The predicted octanol–water partition coefficient (Wildman–Crippen LogP) is 3.53. The smallest absolute Gasteiger partial charge is 0.0938 e. The minimum atomic E-state index is -0.211. The normalized spacial score (nSPS) is 13.0. The van der Waals surface area contributed by atoms with Crippen LogP contribution in [-0.4, -0.2) is 0 Å². The van der Waals surface area contributed by atoms with Crippen LogP contribution in [0.1, 0.15) is 44.1 Å². The Morgan fingerprint density at radius 3 is 1.70 bits per heavy atom. The highest BCUT2D eigenvalue weighted by Gasteiger charge is 2.07. The number of nitrogens with two attached hydrogens (primary N) is 1. The molecule has 0 spiro atoms. The third-order valence-corrected chi connectivity index (χ3v) is 2.91. The van der Waals surface area contributed by atoms with E-state index >= 15 is 0 Å². The second-order valence-electron chi connectivity index (χ2n) is 4.31. The summed E-state index contributed by atoms with van der Waals surface area (Å²) in [5, 5.41) is 0. The van der Waals surface area contributed by atoms with Crippen LogP contribution in [0.4, 0.5) is 0 Å². The van der Waals surface area contributed by atoms with Crippen LogP contribution in [-0.2, 0) is 0 Å². The highest BCUT2D eigenvalue weighted by Crippen LogP contribution is 2.11. The van der Waals surface area contributed by atoms with Crippen LogP contribution in [0.2, 0.25) is 0 Å². The molecule has 0 aliphatic carbocycles. The number of nitrogens with one attached hydrogen (secondary N) is 2. The molecule has 3 nitrogen and oxygen atoms in total. The zero-order chi connectivity index (χ0) is 14.8. The van der Waals surface area contributed by atoms with E-state index in [0.717, 1.165) is 5.56 Å². The van der Waals surface area contributed by atoms with E-state index < -0.39 is 0 Å². The van der Waals surface area contributed by atoms with E-state index in [1.807, 2.05) is 62.4 Å². The van der Waals surface area contributed by atoms with Crippen molar-refractivity contribution in [3.63, 3.8) is 0 Å². The van der Waals surface area contributed by atoms with E-state index in [-0.39, 0.29) is 12.2 Å². The quantitative estimate of drug-likeness (QED) is 0.576. The van der Waals surface area contributed by atoms with Crippen LogP contribution in [0.3, 0.4) is 0 Å². The SMILES string of the molecule is CC.CC(NNC(N)c1ccccc1)c1ccccc1. The van der Waals surface area contributed by atoms with E-state index in [0.29, 0.717) is 0 Å². The minimum Gasteiger partial charge on any atom is -0.311 e. The molecule has 0 fully saturated rings. The highest BCUT2D eigenvalue weighted by molar-refractivity contribution is 5.19. The van der Waals surface area contributed by atoms with Crippen molar-refractivity contribution >= 4 is 0 Å². The Labute approximate surface area is 122 Å². The first-order valence-electron chi connectivity index (χ1n) is 7.14. The molecule has 2 aromatic rings. The first-order valence-corrected chi connectivity index (χ1v) is 7.14. The maximum atomic E-state index is 6.05. The minimum absolute atomic E-state index is 0.209. The molecule has 2 aromatic carbocycles. The molecule has 0 saturated heterocycles. The van der Waals surface area contributed by atoms with Crippen LogP contribution < -0.4 is 16.6 Å². The number of hydrogen-bond donors (Lipinski definition) is 3. The zero-order valence-corrected chi connectivity index (χ0v) is 12.5. The summed E-state index contributed by atoms with van der Waals surface area (Å²) in [7, 11) is 0. The van der Waals surface area contributed by atoms with Crippen LogP contribution in [0.25, 0.3) is 0 Å². The van der Waals surface area contributed by atoms with Gasteiger partial charge in [0.1, 0.15) is 0 Å². The lowest BCUT2D eigenvalue weighted by molar-refractivity contribution is 0.400. The van der Waals surface area contributed by atoms with Gasteiger partial charge in [-0.15, -0.1) is 0 Å². The first-order chi connectivity index (χ1) is 9.77. The van der Waals surface area contributed by atoms with Gasteiger partial charge in [-0.3, -0.25) is 0 Å². The molecular formula is C17H25N3. The van der Waals surface area contributed by atoms with Gasteiger partial charge in [-0.25, -0.2) is 10.9 Å². The molecule has 0 radical (unpaired) electrons. The maximum Gasteiger partial charge on any atom is 0.0938 e. The van der Waals surface area contributed by atoms with E-state index in [1.165, 1.54) is 5.56 Å². The molecule has 4 N–H and O–H groups in total. The van der Waals surface area contributed by atoms with Gasteiger partial charge < -0.3 is 5.73 Å². The summed E-state index contributed by atoms with van der Waals surface area (Å²) in [6.45, 7) is 6.10. The lowest BCUT2D eigenvalue weighted by Gasteiger charge is -2.20. The Hall–Kier alpha value is -1.68. The van der Waals surface area contributed by atoms with Crippen LogP contribution in [0, 0.1) is 0 Å². The summed E-state index contributed by atoms with van der Waals surface area (Å²) in [4.78, 5) is 0. The molecule has 0 amide bonds. The highest BCUT2D eigenvalue weighted by atomic mass is 15.4. The Balaban J connectivity index is 0.000000956. The topological polar surface area (TPSA) is 50.1 Å². The van der Waals surface area contributed by atoms with E-state index in [1.54, 1.807) is 0 Å². The summed E-state index contributed by atoms with van der Waals surface area (Å²) >= 11 is 0. The summed E-state index contributed by atoms with van der Waals surface area (Å²) in [6.07, 6.45) is -0.211. The molecule has 0 heterocycles. The molecule has 0 saturated carbocycles. The van der Waals surface area contributed by atoms with Crippen molar-refractivity contribution in [3.05, 3.63) is 71.8 Å². The average molecular weight is 271 g/mol. The number of hydrazine groups is 1. The second kappa shape index (κ2) is 9.26. The molecule has 0 aliphatic rings. The van der Waals surface area contributed by atoms with Gasteiger partial charge in [-0.05, 0) is 18.1 Å². The zero-order valence-electron chi connectivity index (χ0n) is 12.5. The molecule has 3 heteroatoms. The first kappa shape index (κ1) is 16.4. The lowest BCUT2D eigenvalue weighted by atomic mass is 10.1. The summed E-state index contributed by atoms with van der Waals surface area (Å²) < 4.78 is 0. The van der Waals surface area contributed by atoms with Crippen molar-refractivity contribution in [2.75, 3.05) is 0 Å². The third kappa shape index (κ3) is 5.13. The fourth-order valence-electron chi connectivity index (χ4n) is 1.78. The van der Waals surface area contributed by atoms with Crippen molar-refractivity contribution in [3.8, 4) is 0 Å². The molecule has 2 atom stereocenters. The van der Waals surface area contributed by atoms with Gasteiger partial charge in [0.2, 0.25) is 0 Å². The molecule has 0 bridgehead atoms. The summed E-state index contributed by atoms with van der Waals surface area (Å²) in [5.74, 6) is 0. The van der Waals surface area contributed by atoms with Crippen molar-refractivity contribution in [2.45, 2.75) is 33.0 Å². The average Bonchev–Trinajstić information content (AvgIpc) is 2.55. The molecule has 0 aromatic heterocycles. The standard InChI is InChI=1S/C15H19N3.C2H6/c1-12(13-8-4-2-5-9-13)17-18-15(16)14-10-6-3-7-11-14;1-2/h2-12,15,17-18H,16H2,1H3;1-2H3. The van der Waals surface area contributed by atoms with Gasteiger partial charge in [0.15, 0.2) is 0 Å². The third-order valence-electron chi connectivity index (χ3n) is 2.91. The lowest BCUT2D eigenvalue weighted by Crippen LogP contribution is -2.41. The van der Waals surface area contributed by atoms with Crippen molar-refractivity contribution in [2.24, 2.45) is 5.73 Å². The fraction of sp³-hybridized carbons (Fsp3) is 0.294. The summed E-state index contributed by atoms with van der Waals surface area (Å²) in [5.41, 5.74) is 14.7. The number of rotatable bonds is 5. The molecule has 0 aliphatic heterocycles. The predicted molar refractivity (Wildman–Crippen MR) is 85.8 cm³/mol. The Morgan fingerprint density at radius 2 is 1.20 bits per heavy atom. The summed E-state index contributed by atoms with van der Waals surface area (Å²) in [6, 6.07) is 20.4. The van der Waals surface area contributed by atoms with Gasteiger partial charge in [-0.2, -0.15) is 0 Å². The van der Waals surface area contributed by atoms with Gasteiger partial charge in [0, 0.05) is 6.04 Å². The van der Waals surface area contributed by atoms with E-state index in [4.69, 9.17) is 5.73 Å². The van der Waals surface area contributed by atoms with Gasteiger partial charge in [-0.1, -0.05) is 74.5 Å². The Bertz CT molecular complexity index is 411. The molecule has 2 unspecified atom stereocenters. The van der Waals surface area contributed by atoms with Crippen molar-refractivity contribution in [1.82, 2.24) is 10.9 Å². The number of hydrogen-bond acceptors (Lipinski definition) is 3. The van der Waals surface area contributed by atoms with Gasteiger partial charge in [0.05, 0.1) is 6.17 Å². The second-order valence-corrected chi connectivity index (χ2v) is 4.31. The fourth-order valence-corrected chi connectivity index (χ4v) is 1.78. The van der Waals surface area contributed by atoms with Crippen molar-refractivity contribution < 1.29 is 0 Å². The Morgan fingerprint density at radius 1 is 0.750 bits per heavy atom. The van der Waals surface area contributed by atoms with E-state index in [2.05, 4.69) is 29.9 Å². The molecule has 2 rings (SSSR count). The van der Waals surface area contributed by atoms with Gasteiger partial charge in [0.25, 0.3) is 0 Å². The van der Waals surface area contributed by atoms with Gasteiger partial charge >= 0.3 is 0 Å². The van der Waals surface area contributed by atoms with Crippen LogP contribution in [0.15, 0.2) is 60.7 Å².